The zero-order valence-corrected chi connectivity index (χ0v) is 14.0. The Morgan fingerprint density at radius 2 is 2.05 bits per heavy atom. The fraction of sp³-hybridized carbons (Fsp3) is 0.800. The standard InChI is InChI=1S/C15H25N5O.ClH/c1-2-3-13(16)15(21)19-8-6-11(7-9-19)14-18-17-10-20(14)12-4-5-12;/h10-13H,2-9,16H2,1H3;1H. The Kier molecular flexibility index (Phi) is 5.81. The Bertz CT molecular complexity index is 494. The Labute approximate surface area is 137 Å². The number of piperidine rings is 1. The molecule has 2 heterocycles. The molecule has 1 unspecified atom stereocenters. The highest BCUT2D eigenvalue weighted by Crippen LogP contribution is 2.38. The zero-order valence-electron chi connectivity index (χ0n) is 13.1. The first-order valence-corrected chi connectivity index (χ1v) is 8.14. The van der Waals surface area contributed by atoms with Gasteiger partial charge in [0.05, 0.1) is 6.04 Å². The van der Waals surface area contributed by atoms with Gasteiger partial charge in [0.15, 0.2) is 0 Å². The summed E-state index contributed by atoms with van der Waals surface area (Å²) < 4.78 is 2.24. The van der Waals surface area contributed by atoms with Crippen LogP contribution in [0.1, 0.15) is 63.2 Å². The van der Waals surface area contributed by atoms with Crippen molar-refractivity contribution in [2.75, 3.05) is 13.1 Å². The van der Waals surface area contributed by atoms with E-state index in [1.165, 1.54) is 12.8 Å². The fourth-order valence-corrected chi connectivity index (χ4v) is 3.20. The summed E-state index contributed by atoms with van der Waals surface area (Å²) in [5.41, 5.74) is 5.94. The number of hydrogen-bond acceptors (Lipinski definition) is 4. The number of carbonyl (C=O) groups is 1. The minimum atomic E-state index is -0.332. The van der Waals surface area contributed by atoms with Crippen LogP contribution in [0.3, 0.4) is 0 Å². The number of rotatable bonds is 5. The van der Waals surface area contributed by atoms with Crippen LogP contribution >= 0.6 is 12.4 Å². The van der Waals surface area contributed by atoms with Gasteiger partial charge in [0.1, 0.15) is 12.2 Å². The molecule has 2 fully saturated rings. The molecule has 0 spiro atoms. The molecule has 1 aromatic heterocycles. The van der Waals surface area contributed by atoms with Gasteiger partial charge in [0.25, 0.3) is 0 Å². The Morgan fingerprint density at radius 3 is 2.64 bits per heavy atom. The van der Waals surface area contributed by atoms with Gasteiger partial charge in [-0.25, -0.2) is 0 Å². The zero-order chi connectivity index (χ0) is 14.8. The van der Waals surface area contributed by atoms with Crippen LogP contribution in [-0.4, -0.2) is 44.7 Å². The van der Waals surface area contributed by atoms with Gasteiger partial charge in [0.2, 0.25) is 5.91 Å². The summed E-state index contributed by atoms with van der Waals surface area (Å²) in [5, 5.41) is 8.40. The minimum absolute atomic E-state index is 0. The molecule has 124 valence electrons. The summed E-state index contributed by atoms with van der Waals surface area (Å²) in [4.78, 5) is 14.2. The number of halogens is 1. The molecule has 0 bridgehead atoms. The van der Waals surface area contributed by atoms with Crippen LogP contribution in [-0.2, 0) is 4.79 Å². The predicted molar refractivity (Wildman–Crippen MR) is 87.0 cm³/mol. The molecule has 3 rings (SSSR count). The van der Waals surface area contributed by atoms with Gasteiger partial charge in [0, 0.05) is 25.0 Å². The van der Waals surface area contributed by atoms with Crippen molar-refractivity contribution in [1.29, 1.82) is 0 Å². The molecular formula is C15H26ClN5O. The summed E-state index contributed by atoms with van der Waals surface area (Å²) in [6.45, 7) is 3.64. The van der Waals surface area contributed by atoms with Crippen molar-refractivity contribution in [2.24, 2.45) is 5.73 Å². The van der Waals surface area contributed by atoms with E-state index < -0.39 is 0 Å². The molecule has 1 saturated carbocycles. The topological polar surface area (TPSA) is 77.0 Å². The molecular weight excluding hydrogens is 302 g/mol. The molecule has 22 heavy (non-hydrogen) atoms. The summed E-state index contributed by atoms with van der Waals surface area (Å²) in [6, 6.07) is 0.286. The number of nitrogens with zero attached hydrogens (tertiary/aromatic N) is 4. The van der Waals surface area contributed by atoms with E-state index in [1.807, 2.05) is 11.2 Å². The van der Waals surface area contributed by atoms with Gasteiger partial charge in [-0.1, -0.05) is 13.3 Å². The van der Waals surface area contributed by atoms with Crippen molar-refractivity contribution in [1.82, 2.24) is 19.7 Å². The number of aromatic nitrogens is 3. The molecule has 2 N–H and O–H groups in total. The first kappa shape index (κ1) is 17.2. The molecule has 6 nitrogen and oxygen atoms in total. The smallest absolute Gasteiger partial charge is 0.239 e. The highest BCUT2D eigenvalue weighted by Gasteiger charge is 2.32. The number of carbonyl (C=O) groups excluding carboxylic acids is 1. The number of likely N-dealkylation sites (tertiary alicyclic amines) is 1. The molecule has 1 aromatic rings. The first-order chi connectivity index (χ1) is 10.2. The normalized spacial score (nSPS) is 20.5. The average Bonchev–Trinajstić information content (AvgIpc) is 3.24. The third-order valence-corrected chi connectivity index (χ3v) is 4.63. The molecule has 1 amide bonds. The Morgan fingerprint density at radius 1 is 1.36 bits per heavy atom. The summed E-state index contributed by atoms with van der Waals surface area (Å²) in [7, 11) is 0. The fourth-order valence-electron chi connectivity index (χ4n) is 3.20. The maximum atomic E-state index is 12.2. The Hall–Kier alpha value is -1.14. The summed E-state index contributed by atoms with van der Waals surface area (Å²) >= 11 is 0. The largest absolute Gasteiger partial charge is 0.341 e. The predicted octanol–water partition coefficient (Wildman–Crippen LogP) is 1.87. The van der Waals surface area contributed by atoms with Crippen LogP contribution in [0.15, 0.2) is 6.33 Å². The van der Waals surface area contributed by atoms with Gasteiger partial charge in [-0.3, -0.25) is 4.79 Å². The van der Waals surface area contributed by atoms with Crippen molar-refractivity contribution in [3.05, 3.63) is 12.2 Å². The average molecular weight is 328 g/mol. The lowest BCUT2D eigenvalue weighted by molar-refractivity contribution is -0.133. The van der Waals surface area contributed by atoms with E-state index in [0.29, 0.717) is 12.0 Å². The molecule has 7 heteroatoms. The maximum Gasteiger partial charge on any atom is 0.239 e. The second kappa shape index (κ2) is 7.42. The second-order valence-electron chi connectivity index (χ2n) is 6.32. The maximum absolute atomic E-state index is 12.2. The molecule has 0 aromatic carbocycles. The highest BCUT2D eigenvalue weighted by molar-refractivity contribution is 5.85. The summed E-state index contributed by atoms with van der Waals surface area (Å²) in [5.74, 6) is 1.65. The van der Waals surface area contributed by atoms with Gasteiger partial charge in [-0.2, -0.15) is 0 Å². The van der Waals surface area contributed by atoms with Crippen LogP contribution < -0.4 is 5.73 Å². The summed E-state index contributed by atoms with van der Waals surface area (Å²) in [6.07, 6.45) is 8.01. The number of amides is 1. The van der Waals surface area contributed by atoms with E-state index >= 15 is 0 Å². The molecule has 1 aliphatic heterocycles. The SMILES string of the molecule is CCCC(N)C(=O)N1CCC(c2nncn2C2CC2)CC1.Cl. The molecule has 1 saturated heterocycles. The highest BCUT2D eigenvalue weighted by atomic mass is 35.5. The van der Waals surface area contributed by atoms with Crippen LogP contribution in [0.5, 0.6) is 0 Å². The van der Waals surface area contributed by atoms with Gasteiger partial charge < -0.3 is 15.2 Å². The number of hydrogen-bond donors (Lipinski definition) is 1. The van der Waals surface area contributed by atoms with E-state index in [2.05, 4.69) is 21.7 Å². The van der Waals surface area contributed by atoms with E-state index in [4.69, 9.17) is 5.73 Å². The van der Waals surface area contributed by atoms with Crippen LogP contribution in [0, 0.1) is 0 Å². The van der Waals surface area contributed by atoms with Crippen molar-refractivity contribution >= 4 is 18.3 Å². The van der Waals surface area contributed by atoms with Crippen molar-refractivity contribution in [3.63, 3.8) is 0 Å². The quantitative estimate of drug-likeness (QED) is 0.895. The lowest BCUT2D eigenvalue weighted by Crippen LogP contribution is -2.47. The van der Waals surface area contributed by atoms with E-state index in [0.717, 1.165) is 44.6 Å². The lowest BCUT2D eigenvalue weighted by atomic mass is 9.95. The van der Waals surface area contributed by atoms with Crippen molar-refractivity contribution < 1.29 is 4.79 Å². The molecule has 1 atom stereocenters. The van der Waals surface area contributed by atoms with Crippen LogP contribution in [0.25, 0.3) is 0 Å². The molecule has 0 radical (unpaired) electrons. The molecule has 2 aliphatic rings. The van der Waals surface area contributed by atoms with E-state index in [-0.39, 0.29) is 24.4 Å². The van der Waals surface area contributed by atoms with E-state index in [9.17, 15) is 4.79 Å². The molecule has 1 aliphatic carbocycles. The van der Waals surface area contributed by atoms with Gasteiger partial charge in [-0.05, 0) is 32.1 Å². The van der Waals surface area contributed by atoms with Crippen LogP contribution in [0.4, 0.5) is 0 Å². The Balaban J connectivity index is 0.00000176. The monoisotopic (exact) mass is 327 g/mol. The van der Waals surface area contributed by atoms with E-state index in [1.54, 1.807) is 0 Å². The van der Waals surface area contributed by atoms with Crippen molar-refractivity contribution in [2.45, 2.75) is 63.5 Å². The first-order valence-electron chi connectivity index (χ1n) is 8.14. The second-order valence-corrected chi connectivity index (χ2v) is 6.32. The van der Waals surface area contributed by atoms with Crippen molar-refractivity contribution in [3.8, 4) is 0 Å². The lowest BCUT2D eigenvalue weighted by Gasteiger charge is -2.33. The van der Waals surface area contributed by atoms with Crippen LogP contribution in [0.2, 0.25) is 0 Å². The third-order valence-electron chi connectivity index (χ3n) is 4.63. The number of nitrogens with two attached hydrogens (primary N) is 1. The van der Waals surface area contributed by atoms with Gasteiger partial charge in [-0.15, -0.1) is 22.6 Å². The third kappa shape index (κ3) is 3.60. The van der Waals surface area contributed by atoms with Gasteiger partial charge >= 0.3 is 0 Å². The minimum Gasteiger partial charge on any atom is -0.341 e.